The van der Waals surface area contributed by atoms with Gasteiger partial charge in [0.1, 0.15) is 11.2 Å². The van der Waals surface area contributed by atoms with Gasteiger partial charge in [-0.05, 0) is 36.4 Å². The van der Waals surface area contributed by atoms with Crippen LogP contribution in [0.25, 0.3) is 92.6 Å². The summed E-state index contributed by atoms with van der Waals surface area (Å²) in [4.78, 5) is 15.1. The van der Waals surface area contributed by atoms with Gasteiger partial charge in [0.25, 0.3) is 0 Å². The average Bonchev–Trinajstić information content (AvgIpc) is 3.77. The average molecular weight is 595 g/mol. The SMILES string of the molecule is c1ccc(-c2nc(-c3ccccc3)nc(-n3c4ccccc4c4cc5sc6c(ccc7oc8ccccc8c76)c5cc43)n2)cc1. The molecule has 5 nitrogen and oxygen atoms in total. The largest absolute Gasteiger partial charge is 0.456 e. The molecule has 6 heteroatoms. The number of hydrogen-bond donors (Lipinski definition) is 0. The normalized spacial score (nSPS) is 12.0. The molecule has 0 saturated carbocycles. The molecule has 210 valence electrons. The second-order valence-electron chi connectivity index (χ2n) is 11.2. The molecular formula is C39H22N4OS. The van der Waals surface area contributed by atoms with Crippen LogP contribution < -0.4 is 0 Å². The number of thiophene rings is 1. The fourth-order valence-electron chi connectivity index (χ4n) is 6.62. The smallest absolute Gasteiger partial charge is 0.238 e. The quantitative estimate of drug-likeness (QED) is 0.204. The van der Waals surface area contributed by atoms with Crippen LogP contribution in [0.1, 0.15) is 0 Å². The second-order valence-corrected chi connectivity index (χ2v) is 12.3. The lowest BCUT2D eigenvalue weighted by molar-refractivity contribution is 0.669. The van der Waals surface area contributed by atoms with Crippen molar-refractivity contribution in [3.8, 4) is 28.7 Å². The zero-order valence-electron chi connectivity index (χ0n) is 23.8. The van der Waals surface area contributed by atoms with Crippen molar-refractivity contribution in [2.75, 3.05) is 0 Å². The molecule has 0 atom stereocenters. The van der Waals surface area contributed by atoms with Crippen LogP contribution in [-0.4, -0.2) is 19.5 Å². The van der Waals surface area contributed by atoms with Gasteiger partial charge in [0.15, 0.2) is 11.6 Å². The van der Waals surface area contributed by atoms with Crippen molar-refractivity contribution in [3.05, 3.63) is 133 Å². The molecule has 0 amide bonds. The molecule has 0 aliphatic carbocycles. The molecule has 0 fully saturated rings. The van der Waals surface area contributed by atoms with E-state index in [2.05, 4.69) is 65.2 Å². The van der Waals surface area contributed by atoms with Gasteiger partial charge < -0.3 is 4.42 Å². The van der Waals surface area contributed by atoms with Crippen LogP contribution in [0.4, 0.5) is 0 Å². The number of furan rings is 1. The number of aromatic nitrogens is 4. The zero-order chi connectivity index (χ0) is 29.5. The van der Waals surface area contributed by atoms with Gasteiger partial charge in [-0.25, -0.2) is 4.98 Å². The Morgan fingerprint density at radius 3 is 1.91 bits per heavy atom. The van der Waals surface area contributed by atoms with Crippen LogP contribution in [0, 0.1) is 0 Å². The van der Waals surface area contributed by atoms with Crippen LogP contribution in [0.2, 0.25) is 0 Å². The van der Waals surface area contributed by atoms with Crippen LogP contribution >= 0.6 is 11.3 Å². The zero-order valence-corrected chi connectivity index (χ0v) is 24.6. The molecule has 45 heavy (non-hydrogen) atoms. The maximum Gasteiger partial charge on any atom is 0.238 e. The number of para-hydroxylation sites is 2. The standard InChI is InChI=1S/C39H22N4OS/c1-3-11-23(12-4-1)37-40-38(24-13-5-2-6-14-24)42-39(41-37)43-30-17-9-7-15-25(30)28-22-34-29(21-31(28)43)26-19-20-33-35(36(26)45-34)27-16-8-10-18-32(27)44-33/h1-22H. The first-order chi connectivity index (χ1) is 22.3. The molecule has 6 aromatic carbocycles. The van der Waals surface area contributed by atoms with Crippen molar-refractivity contribution in [1.82, 2.24) is 19.5 Å². The summed E-state index contributed by atoms with van der Waals surface area (Å²) >= 11 is 1.83. The van der Waals surface area contributed by atoms with E-state index in [0.717, 1.165) is 44.1 Å². The first-order valence-corrected chi connectivity index (χ1v) is 15.7. The van der Waals surface area contributed by atoms with E-state index in [-0.39, 0.29) is 0 Å². The summed E-state index contributed by atoms with van der Waals surface area (Å²) in [6, 6.07) is 46.0. The highest BCUT2D eigenvalue weighted by Gasteiger charge is 2.20. The Balaban J connectivity index is 1.31. The van der Waals surface area contributed by atoms with Crippen molar-refractivity contribution in [3.63, 3.8) is 0 Å². The van der Waals surface area contributed by atoms with Crippen molar-refractivity contribution in [2.24, 2.45) is 0 Å². The van der Waals surface area contributed by atoms with E-state index in [1.807, 2.05) is 84.1 Å². The van der Waals surface area contributed by atoms with E-state index < -0.39 is 0 Å². The van der Waals surface area contributed by atoms with E-state index in [1.165, 1.54) is 30.9 Å². The van der Waals surface area contributed by atoms with E-state index in [4.69, 9.17) is 19.4 Å². The number of rotatable bonds is 3. The van der Waals surface area contributed by atoms with E-state index in [0.29, 0.717) is 17.6 Å². The Kier molecular flexibility index (Phi) is 5.09. The first kappa shape index (κ1) is 24.6. The molecule has 0 saturated heterocycles. The van der Waals surface area contributed by atoms with Crippen molar-refractivity contribution >= 4 is 75.3 Å². The van der Waals surface area contributed by atoms with E-state index in [9.17, 15) is 0 Å². The monoisotopic (exact) mass is 594 g/mol. The topological polar surface area (TPSA) is 56.7 Å². The molecule has 0 unspecified atom stereocenters. The number of fused-ring (bicyclic) bond motifs is 10. The first-order valence-electron chi connectivity index (χ1n) is 14.9. The van der Waals surface area contributed by atoms with Gasteiger partial charge in [-0.2, -0.15) is 9.97 Å². The molecule has 0 bridgehead atoms. The minimum Gasteiger partial charge on any atom is -0.456 e. The van der Waals surface area contributed by atoms with Gasteiger partial charge in [0.05, 0.1) is 11.0 Å². The molecule has 4 aromatic heterocycles. The summed E-state index contributed by atoms with van der Waals surface area (Å²) in [6.07, 6.45) is 0. The molecule has 10 aromatic rings. The molecule has 0 N–H and O–H groups in total. The Morgan fingerprint density at radius 1 is 0.489 bits per heavy atom. The Labute approximate surface area is 260 Å². The lowest BCUT2D eigenvalue weighted by Gasteiger charge is -2.11. The highest BCUT2D eigenvalue weighted by Crippen LogP contribution is 2.45. The molecule has 0 aliphatic rings. The number of benzene rings is 6. The predicted molar refractivity (Wildman–Crippen MR) is 185 cm³/mol. The summed E-state index contributed by atoms with van der Waals surface area (Å²) in [5.41, 5.74) is 5.84. The van der Waals surface area contributed by atoms with Gasteiger partial charge in [-0.15, -0.1) is 11.3 Å². The summed E-state index contributed by atoms with van der Waals surface area (Å²) in [6.45, 7) is 0. The highest BCUT2D eigenvalue weighted by atomic mass is 32.1. The predicted octanol–water partition coefficient (Wildman–Crippen LogP) is 10.6. The van der Waals surface area contributed by atoms with E-state index in [1.54, 1.807) is 0 Å². The lowest BCUT2D eigenvalue weighted by Crippen LogP contribution is -2.06. The third kappa shape index (κ3) is 3.63. The summed E-state index contributed by atoms with van der Waals surface area (Å²) in [5, 5.41) is 7.09. The Bertz CT molecular complexity index is 2700. The molecule has 10 rings (SSSR count). The van der Waals surface area contributed by atoms with Gasteiger partial charge in [0, 0.05) is 52.8 Å². The van der Waals surface area contributed by atoms with Crippen LogP contribution in [-0.2, 0) is 0 Å². The Morgan fingerprint density at radius 2 is 1.16 bits per heavy atom. The minimum absolute atomic E-state index is 0.594. The summed E-state index contributed by atoms with van der Waals surface area (Å²) in [7, 11) is 0. The second kappa shape index (κ2) is 9.32. The third-order valence-corrected chi connectivity index (χ3v) is 9.85. The van der Waals surface area contributed by atoms with Crippen molar-refractivity contribution in [2.45, 2.75) is 0 Å². The van der Waals surface area contributed by atoms with E-state index >= 15 is 0 Å². The highest BCUT2D eigenvalue weighted by molar-refractivity contribution is 7.26. The fraction of sp³-hybridized carbons (Fsp3) is 0. The van der Waals surface area contributed by atoms with Gasteiger partial charge in [-0.3, -0.25) is 4.57 Å². The Hall–Kier alpha value is -5.85. The van der Waals surface area contributed by atoms with Crippen LogP contribution in [0.5, 0.6) is 0 Å². The fourth-order valence-corrected chi connectivity index (χ4v) is 7.89. The summed E-state index contributed by atoms with van der Waals surface area (Å²) < 4.78 is 10.9. The van der Waals surface area contributed by atoms with Crippen LogP contribution in [0.15, 0.2) is 138 Å². The van der Waals surface area contributed by atoms with Crippen molar-refractivity contribution < 1.29 is 4.42 Å². The number of nitrogens with zero attached hydrogens (tertiary/aromatic N) is 4. The maximum absolute atomic E-state index is 6.23. The van der Waals surface area contributed by atoms with Gasteiger partial charge >= 0.3 is 0 Å². The molecule has 0 spiro atoms. The third-order valence-electron chi connectivity index (χ3n) is 8.66. The lowest BCUT2D eigenvalue weighted by atomic mass is 10.1. The minimum atomic E-state index is 0.594. The number of hydrogen-bond acceptors (Lipinski definition) is 5. The van der Waals surface area contributed by atoms with Crippen LogP contribution in [0.3, 0.4) is 0 Å². The van der Waals surface area contributed by atoms with Gasteiger partial charge in [0.2, 0.25) is 5.95 Å². The molecule has 0 radical (unpaired) electrons. The van der Waals surface area contributed by atoms with Crippen molar-refractivity contribution in [1.29, 1.82) is 0 Å². The molecular weight excluding hydrogens is 573 g/mol. The van der Waals surface area contributed by atoms with Gasteiger partial charge in [-0.1, -0.05) is 97.1 Å². The maximum atomic E-state index is 6.23. The molecule has 4 heterocycles. The summed E-state index contributed by atoms with van der Waals surface area (Å²) in [5.74, 6) is 1.87. The molecule has 0 aliphatic heterocycles.